The van der Waals surface area contributed by atoms with Gasteiger partial charge in [0.25, 0.3) is 0 Å². The van der Waals surface area contributed by atoms with Gasteiger partial charge in [-0.05, 0) is 34.6 Å². The smallest absolute Gasteiger partial charge is 0.142 e. The minimum atomic E-state index is 1.07. The summed E-state index contributed by atoms with van der Waals surface area (Å²) in [5, 5.41) is 0. The van der Waals surface area contributed by atoms with E-state index in [0.717, 1.165) is 43.0 Å². The summed E-state index contributed by atoms with van der Waals surface area (Å²) >= 11 is 3.55. The van der Waals surface area contributed by atoms with Crippen molar-refractivity contribution in [3.05, 3.63) is 22.8 Å². The molecule has 0 amide bonds. The number of likely N-dealkylation sites (N-methyl/N-ethyl adjacent to an activating group) is 1. The Morgan fingerprint density at radius 3 is 2.67 bits per heavy atom. The van der Waals surface area contributed by atoms with Gasteiger partial charge in [0, 0.05) is 32.4 Å². The summed E-state index contributed by atoms with van der Waals surface area (Å²) in [5.74, 6) is 1.08. The Morgan fingerprint density at radius 1 is 1.33 bits per heavy atom. The Kier molecular flexibility index (Phi) is 3.59. The fraction of sp³-hybridized carbons (Fsp3) is 0.545. The van der Waals surface area contributed by atoms with Gasteiger partial charge >= 0.3 is 0 Å². The molecule has 1 aromatic rings. The zero-order valence-electron chi connectivity index (χ0n) is 8.99. The van der Waals surface area contributed by atoms with Crippen LogP contribution >= 0.6 is 15.9 Å². The molecular formula is C11H16BrN3. The highest BCUT2D eigenvalue weighted by Gasteiger charge is 2.17. The summed E-state index contributed by atoms with van der Waals surface area (Å²) in [5.41, 5.74) is 0. The van der Waals surface area contributed by atoms with Crippen LogP contribution in [0.1, 0.15) is 6.92 Å². The van der Waals surface area contributed by atoms with Crippen LogP contribution < -0.4 is 4.90 Å². The molecule has 2 rings (SSSR count). The molecule has 4 heteroatoms. The third-order valence-electron chi connectivity index (χ3n) is 2.86. The van der Waals surface area contributed by atoms with E-state index in [2.05, 4.69) is 43.7 Å². The average Bonchev–Trinajstić information content (AvgIpc) is 2.30. The molecule has 1 aliphatic heterocycles. The van der Waals surface area contributed by atoms with Gasteiger partial charge in [0.05, 0.1) is 4.47 Å². The zero-order valence-corrected chi connectivity index (χ0v) is 10.6. The van der Waals surface area contributed by atoms with Gasteiger partial charge in [-0.15, -0.1) is 0 Å². The minimum Gasteiger partial charge on any atom is -0.353 e. The molecule has 0 N–H and O–H groups in total. The third-order valence-corrected chi connectivity index (χ3v) is 3.48. The second kappa shape index (κ2) is 4.94. The molecule has 1 aromatic heterocycles. The lowest BCUT2D eigenvalue weighted by atomic mass is 10.3. The molecule has 2 heterocycles. The second-order valence-electron chi connectivity index (χ2n) is 3.73. The Morgan fingerprint density at radius 2 is 2.07 bits per heavy atom. The lowest BCUT2D eigenvalue weighted by Gasteiger charge is -2.35. The second-order valence-corrected chi connectivity index (χ2v) is 4.58. The molecule has 82 valence electrons. The van der Waals surface area contributed by atoms with Crippen molar-refractivity contribution >= 4 is 21.7 Å². The SMILES string of the molecule is CCN1CCN(c2ncccc2Br)CC1. The first-order valence-corrected chi connectivity index (χ1v) is 6.18. The van der Waals surface area contributed by atoms with Crippen molar-refractivity contribution in [3.63, 3.8) is 0 Å². The molecule has 0 bridgehead atoms. The van der Waals surface area contributed by atoms with E-state index in [1.165, 1.54) is 0 Å². The molecule has 3 nitrogen and oxygen atoms in total. The summed E-state index contributed by atoms with van der Waals surface area (Å²) in [6, 6.07) is 4.00. The lowest BCUT2D eigenvalue weighted by molar-refractivity contribution is 0.270. The Bertz CT molecular complexity index is 321. The molecular weight excluding hydrogens is 254 g/mol. The van der Waals surface area contributed by atoms with Crippen molar-refractivity contribution in [2.24, 2.45) is 0 Å². The molecule has 0 aromatic carbocycles. The highest BCUT2D eigenvalue weighted by atomic mass is 79.9. The van der Waals surface area contributed by atoms with Gasteiger partial charge in [-0.1, -0.05) is 6.92 Å². The normalized spacial score (nSPS) is 18.1. The van der Waals surface area contributed by atoms with Gasteiger partial charge in [-0.25, -0.2) is 4.98 Å². The van der Waals surface area contributed by atoms with Crippen molar-refractivity contribution in [2.75, 3.05) is 37.6 Å². The minimum absolute atomic E-state index is 1.07. The van der Waals surface area contributed by atoms with Crippen LogP contribution in [0.4, 0.5) is 5.82 Å². The number of halogens is 1. The van der Waals surface area contributed by atoms with Crippen molar-refractivity contribution in [1.29, 1.82) is 0 Å². The number of piperazine rings is 1. The molecule has 15 heavy (non-hydrogen) atoms. The molecule has 1 aliphatic rings. The number of aromatic nitrogens is 1. The summed E-state index contributed by atoms with van der Waals surface area (Å²) in [7, 11) is 0. The quantitative estimate of drug-likeness (QED) is 0.819. The van der Waals surface area contributed by atoms with E-state index < -0.39 is 0 Å². The van der Waals surface area contributed by atoms with Crippen LogP contribution in [0.15, 0.2) is 22.8 Å². The average molecular weight is 270 g/mol. The number of nitrogens with zero attached hydrogens (tertiary/aromatic N) is 3. The summed E-state index contributed by atoms with van der Waals surface area (Å²) in [6.45, 7) is 7.79. The Balaban J connectivity index is 2.04. The van der Waals surface area contributed by atoms with Crippen molar-refractivity contribution < 1.29 is 0 Å². The lowest BCUT2D eigenvalue weighted by Crippen LogP contribution is -2.46. The highest BCUT2D eigenvalue weighted by molar-refractivity contribution is 9.10. The molecule has 0 atom stereocenters. The molecule has 0 saturated carbocycles. The van der Waals surface area contributed by atoms with Gasteiger partial charge in [-0.2, -0.15) is 0 Å². The van der Waals surface area contributed by atoms with Crippen LogP contribution in [-0.2, 0) is 0 Å². The maximum Gasteiger partial charge on any atom is 0.142 e. The number of hydrogen-bond acceptors (Lipinski definition) is 3. The van der Waals surface area contributed by atoms with Gasteiger partial charge in [0.15, 0.2) is 0 Å². The summed E-state index contributed by atoms with van der Waals surface area (Å²) < 4.78 is 1.09. The van der Waals surface area contributed by atoms with Gasteiger partial charge in [0.1, 0.15) is 5.82 Å². The van der Waals surface area contributed by atoms with Crippen molar-refractivity contribution in [2.45, 2.75) is 6.92 Å². The van der Waals surface area contributed by atoms with Crippen LogP contribution in [0.5, 0.6) is 0 Å². The highest BCUT2D eigenvalue weighted by Crippen LogP contribution is 2.23. The van der Waals surface area contributed by atoms with Crippen molar-refractivity contribution in [3.8, 4) is 0 Å². The predicted molar refractivity (Wildman–Crippen MR) is 66.3 cm³/mol. The molecule has 1 fully saturated rings. The monoisotopic (exact) mass is 269 g/mol. The molecule has 1 saturated heterocycles. The van der Waals surface area contributed by atoms with E-state index in [1.807, 2.05) is 12.3 Å². The van der Waals surface area contributed by atoms with Gasteiger partial charge < -0.3 is 9.80 Å². The maximum absolute atomic E-state index is 4.41. The van der Waals surface area contributed by atoms with E-state index in [1.54, 1.807) is 0 Å². The van der Waals surface area contributed by atoms with Crippen LogP contribution in [0.25, 0.3) is 0 Å². The standard InChI is InChI=1S/C11H16BrN3/c1-2-14-6-8-15(9-7-14)11-10(12)4-3-5-13-11/h3-5H,2,6-9H2,1H3. The Labute approximate surface area is 99.2 Å². The first-order chi connectivity index (χ1) is 7.31. The number of anilines is 1. The number of hydrogen-bond donors (Lipinski definition) is 0. The number of rotatable bonds is 2. The van der Waals surface area contributed by atoms with E-state index in [4.69, 9.17) is 0 Å². The van der Waals surface area contributed by atoms with Crippen LogP contribution in [-0.4, -0.2) is 42.6 Å². The van der Waals surface area contributed by atoms with E-state index in [0.29, 0.717) is 0 Å². The van der Waals surface area contributed by atoms with Crippen LogP contribution in [0.3, 0.4) is 0 Å². The fourth-order valence-corrected chi connectivity index (χ4v) is 2.39. The molecule has 0 aliphatic carbocycles. The predicted octanol–water partition coefficient (Wildman–Crippen LogP) is 1.99. The summed E-state index contributed by atoms with van der Waals surface area (Å²) in [6.07, 6.45) is 1.85. The van der Waals surface area contributed by atoms with E-state index in [9.17, 15) is 0 Å². The van der Waals surface area contributed by atoms with Gasteiger partial charge in [-0.3, -0.25) is 0 Å². The molecule has 0 unspecified atom stereocenters. The zero-order chi connectivity index (χ0) is 10.7. The largest absolute Gasteiger partial charge is 0.353 e. The number of pyridine rings is 1. The summed E-state index contributed by atoms with van der Waals surface area (Å²) in [4.78, 5) is 9.22. The third kappa shape index (κ3) is 2.49. The topological polar surface area (TPSA) is 19.4 Å². The van der Waals surface area contributed by atoms with Crippen molar-refractivity contribution in [1.82, 2.24) is 9.88 Å². The fourth-order valence-electron chi connectivity index (χ4n) is 1.89. The van der Waals surface area contributed by atoms with Crippen LogP contribution in [0, 0.1) is 0 Å². The molecule has 0 spiro atoms. The first-order valence-electron chi connectivity index (χ1n) is 5.39. The van der Waals surface area contributed by atoms with Gasteiger partial charge in [0.2, 0.25) is 0 Å². The van der Waals surface area contributed by atoms with E-state index in [-0.39, 0.29) is 0 Å². The first kappa shape index (κ1) is 10.9. The van der Waals surface area contributed by atoms with Crippen LogP contribution in [0.2, 0.25) is 0 Å². The molecule has 0 radical (unpaired) electrons. The van der Waals surface area contributed by atoms with E-state index >= 15 is 0 Å². The maximum atomic E-state index is 4.41. The Hall–Kier alpha value is -0.610.